The van der Waals surface area contributed by atoms with Crippen molar-refractivity contribution in [1.82, 2.24) is 0 Å². The predicted molar refractivity (Wildman–Crippen MR) is 125 cm³/mol. The van der Waals surface area contributed by atoms with Crippen molar-refractivity contribution >= 4 is 22.9 Å². The maximum absolute atomic E-state index is 13.7. The Morgan fingerprint density at radius 3 is 1.10 bits per heavy atom. The van der Waals surface area contributed by atoms with Crippen LogP contribution in [-0.2, 0) is 0 Å². The molecule has 0 saturated heterocycles. The number of hydrogen-bond acceptors (Lipinski definition) is 4. The van der Waals surface area contributed by atoms with Crippen LogP contribution in [0.1, 0.15) is 87.2 Å². The number of ketones is 2. The summed E-state index contributed by atoms with van der Waals surface area (Å²) in [4.78, 5) is 31.9. The zero-order valence-corrected chi connectivity index (χ0v) is 19.5. The standard InChI is InChI=1S/C26H34N2O2/c1-15(2)27(16(3)4)21-13-14-22(28(17(5)6)18(7)8)24-23(21)25(29)19-11-9-10-12-20(19)26(24)30/h9-18H,1-8H3. The zero-order valence-electron chi connectivity index (χ0n) is 19.5. The molecule has 0 bridgehead atoms. The van der Waals surface area contributed by atoms with E-state index in [0.717, 1.165) is 11.4 Å². The number of fused-ring (bicyclic) bond motifs is 2. The van der Waals surface area contributed by atoms with Gasteiger partial charge in [-0.2, -0.15) is 0 Å². The molecule has 0 N–H and O–H groups in total. The molecule has 4 nitrogen and oxygen atoms in total. The summed E-state index contributed by atoms with van der Waals surface area (Å²) < 4.78 is 0. The summed E-state index contributed by atoms with van der Waals surface area (Å²) in [6.07, 6.45) is 0. The van der Waals surface area contributed by atoms with E-state index in [1.165, 1.54) is 0 Å². The summed E-state index contributed by atoms with van der Waals surface area (Å²) in [6, 6.07) is 12.1. The molecule has 0 fully saturated rings. The maximum atomic E-state index is 13.7. The average molecular weight is 407 g/mol. The molecule has 4 heteroatoms. The highest BCUT2D eigenvalue weighted by Gasteiger charge is 2.37. The monoisotopic (exact) mass is 406 g/mol. The van der Waals surface area contributed by atoms with Gasteiger partial charge in [-0.1, -0.05) is 24.3 Å². The Kier molecular flexibility index (Phi) is 6.07. The number of anilines is 2. The van der Waals surface area contributed by atoms with Crippen LogP contribution in [0.5, 0.6) is 0 Å². The summed E-state index contributed by atoms with van der Waals surface area (Å²) in [5, 5.41) is 0. The van der Waals surface area contributed by atoms with Crippen LogP contribution in [0.25, 0.3) is 0 Å². The Hall–Kier alpha value is -2.62. The van der Waals surface area contributed by atoms with Gasteiger partial charge in [0.1, 0.15) is 0 Å². The predicted octanol–water partition coefficient (Wildman–Crippen LogP) is 5.71. The van der Waals surface area contributed by atoms with Crippen molar-refractivity contribution in [2.24, 2.45) is 0 Å². The highest BCUT2D eigenvalue weighted by molar-refractivity contribution is 6.32. The SMILES string of the molecule is CC(C)N(c1ccc(N(C(C)C)C(C)C)c2c1C(=O)c1ccccc1C2=O)C(C)C. The summed E-state index contributed by atoms with van der Waals surface area (Å²) in [6.45, 7) is 17.0. The first-order valence-electron chi connectivity index (χ1n) is 11.0. The molecule has 0 aliphatic heterocycles. The van der Waals surface area contributed by atoms with Crippen molar-refractivity contribution in [1.29, 1.82) is 0 Å². The van der Waals surface area contributed by atoms with E-state index in [4.69, 9.17) is 0 Å². The maximum Gasteiger partial charge on any atom is 0.196 e. The lowest BCUT2D eigenvalue weighted by molar-refractivity contribution is 0.0979. The number of benzene rings is 2. The first-order chi connectivity index (χ1) is 14.1. The van der Waals surface area contributed by atoms with Gasteiger partial charge < -0.3 is 9.80 Å². The van der Waals surface area contributed by atoms with E-state index < -0.39 is 0 Å². The van der Waals surface area contributed by atoms with Crippen molar-refractivity contribution in [3.8, 4) is 0 Å². The molecule has 2 aromatic rings. The van der Waals surface area contributed by atoms with Crippen LogP contribution >= 0.6 is 0 Å². The van der Waals surface area contributed by atoms with Crippen molar-refractivity contribution in [2.45, 2.75) is 79.6 Å². The lowest BCUT2D eigenvalue weighted by Crippen LogP contribution is -2.41. The van der Waals surface area contributed by atoms with Crippen LogP contribution in [-0.4, -0.2) is 35.7 Å². The molecular weight excluding hydrogens is 372 g/mol. The third-order valence-electron chi connectivity index (χ3n) is 5.81. The fourth-order valence-corrected chi connectivity index (χ4v) is 4.92. The van der Waals surface area contributed by atoms with Crippen LogP contribution in [0.3, 0.4) is 0 Å². The molecular formula is C26H34N2O2. The van der Waals surface area contributed by atoms with Gasteiger partial charge in [-0.25, -0.2) is 0 Å². The largest absolute Gasteiger partial charge is 0.366 e. The molecule has 160 valence electrons. The van der Waals surface area contributed by atoms with Gasteiger partial charge >= 0.3 is 0 Å². The number of carbonyl (C=O) groups excluding carboxylic acids is 2. The quantitative estimate of drug-likeness (QED) is 0.526. The van der Waals surface area contributed by atoms with Crippen molar-refractivity contribution in [3.63, 3.8) is 0 Å². The van der Waals surface area contributed by atoms with Gasteiger partial charge in [0.25, 0.3) is 0 Å². The molecule has 3 rings (SSSR count). The molecule has 0 aromatic heterocycles. The van der Waals surface area contributed by atoms with Gasteiger partial charge in [0.05, 0.1) is 11.1 Å². The second-order valence-corrected chi connectivity index (χ2v) is 9.25. The van der Waals surface area contributed by atoms with E-state index in [1.807, 2.05) is 24.3 Å². The molecule has 0 spiro atoms. The average Bonchev–Trinajstić information content (AvgIpc) is 2.65. The third kappa shape index (κ3) is 3.53. The Balaban J connectivity index is 2.39. The summed E-state index contributed by atoms with van der Waals surface area (Å²) >= 11 is 0. The molecule has 0 saturated carbocycles. The van der Waals surface area contributed by atoms with E-state index in [1.54, 1.807) is 12.1 Å². The van der Waals surface area contributed by atoms with Crippen molar-refractivity contribution < 1.29 is 9.59 Å². The minimum Gasteiger partial charge on any atom is -0.366 e. The summed E-state index contributed by atoms with van der Waals surface area (Å²) in [5.41, 5.74) is 3.79. The third-order valence-corrected chi connectivity index (χ3v) is 5.81. The number of rotatable bonds is 6. The Morgan fingerprint density at radius 1 is 0.533 bits per heavy atom. The number of nitrogens with zero attached hydrogens (tertiary/aromatic N) is 2. The lowest BCUT2D eigenvalue weighted by atomic mass is 9.81. The Bertz CT molecular complexity index is 879. The highest BCUT2D eigenvalue weighted by atomic mass is 16.1. The Labute approximate surface area is 180 Å². The molecule has 0 unspecified atom stereocenters. The summed E-state index contributed by atoms with van der Waals surface area (Å²) in [7, 11) is 0. The minimum absolute atomic E-state index is 0.0594. The van der Waals surface area contributed by atoms with E-state index in [9.17, 15) is 9.59 Å². The van der Waals surface area contributed by atoms with E-state index in [-0.39, 0.29) is 35.7 Å². The lowest BCUT2D eigenvalue weighted by Gasteiger charge is -2.39. The first-order valence-corrected chi connectivity index (χ1v) is 11.0. The molecule has 1 aliphatic carbocycles. The van der Waals surface area contributed by atoms with Crippen molar-refractivity contribution in [3.05, 3.63) is 58.7 Å². The van der Waals surface area contributed by atoms with E-state index in [0.29, 0.717) is 22.3 Å². The fraction of sp³-hybridized carbons (Fsp3) is 0.462. The van der Waals surface area contributed by atoms with Crippen molar-refractivity contribution in [2.75, 3.05) is 9.80 Å². The van der Waals surface area contributed by atoms with Gasteiger partial charge in [-0.3, -0.25) is 9.59 Å². The van der Waals surface area contributed by atoms with E-state index >= 15 is 0 Å². The van der Waals surface area contributed by atoms with Crippen LogP contribution < -0.4 is 9.80 Å². The first kappa shape index (κ1) is 22.1. The summed E-state index contributed by atoms with van der Waals surface area (Å²) in [5.74, 6) is -0.119. The zero-order chi connectivity index (χ0) is 22.3. The van der Waals surface area contributed by atoms with Gasteiger partial charge in [0, 0.05) is 46.7 Å². The fourth-order valence-electron chi connectivity index (χ4n) is 4.92. The number of hydrogen-bond donors (Lipinski definition) is 0. The van der Waals surface area contributed by atoms with Gasteiger partial charge in [-0.05, 0) is 67.5 Å². The Morgan fingerprint density at radius 2 is 0.833 bits per heavy atom. The topological polar surface area (TPSA) is 40.6 Å². The van der Waals surface area contributed by atoms with Gasteiger partial charge in [-0.15, -0.1) is 0 Å². The molecule has 0 radical (unpaired) electrons. The molecule has 0 heterocycles. The van der Waals surface area contributed by atoms with E-state index in [2.05, 4.69) is 65.2 Å². The molecule has 0 atom stereocenters. The molecule has 1 aliphatic rings. The molecule has 2 aromatic carbocycles. The second-order valence-electron chi connectivity index (χ2n) is 9.25. The van der Waals surface area contributed by atoms with Gasteiger partial charge in [0.15, 0.2) is 11.6 Å². The van der Waals surface area contributed by atoms with Crippen LogP contribution in [0.4, 0.5) is 11.4 Å². The van der Waals surface area contributed by atoms with Gasteiger partial charge in [0.2, 0.25) is 0 Å². The van der Waals surface area contributed by atoms with Crippen LogP contribution in [0.2, 0.25) is 0 Å². The smallest absolute Gasteiger partial charge is 0.196 e. The van der Waals surface area contributed by atoms with Crippen LogP contribution in [0.15, 0.2) is 36.4 Å². The normalized spacial score (nSPS) is 13.3. The number of carbonyl (C=O) groups is 2. The highest BCUT2D eigenvalue weighted by Crippen LogP contribution is 2.41. The minimum atomic E-state index is -0.0594. The second kappa shape index (κ2) is 8.25. The molecule has 0 amide bonds. The molecule has 30 heavy (non-hydrogen) atoms. The van der Waals surface area contributed by atoms with Crippen LogP contribution in [0, 0.1) is 0 Å².